The number of rotatable bonds is 5. The molecule has 0 fully saturated rings. The van der Waals surface area contributed by atoms with Gasteiger partial charge in [-0.1, -0.05) is 11.2 Å². The van der Waals surface area contributed by atoms with E-state index in [0.29, 0.717) is 18.1 Å². The van der Waals surface area contributed by atoms with E-state index in [0.717, 1.165) is 11.3 Å². The summed E-state index contributed by atoms with van der Waals surface area (Å²) in [6, 6.07) is 6.25. The summed E-state index contributed by atoms with van der Waals surface area (Å²) in [5.74, 6) is 0.814. The number of aryl methyl sites for hydroxylation is 1. The van der Waals surface area contributed by atoms with Gasteiger partial charge in [0.15, 0.2) is 5.76 Å². The summed E-state index contributed by atoms with van der Waals surface area (Å²) in [7, 11) is 1.83. The van der Waals surface area contributed by atoms with Crippen LogP contribution in [0.4, 0.5) is 4.39 Å². The summed E-state index contributed by atoms with van der Waals surface area (Å²) < 4.78 is 23.7. The third-order valence-electron chi connectivity index (χ3n) is 2.49. The topological polar surface area (TPSA) is 47.3 Å². The predicted octanol–water partition coefficient (Wildman–Crippen LogP) is 2.42. The van der Waals surface area contributed by atoms with Crippen LogP contribution >= 0.6 is 0 Å². The summed E-state index contributed by atoms with van der Waals surface area (Å²) in [4.78, 5) is 0. The fourth-order valence-electron chi connectivity index (χ4n) is 1.57. The minimum atomic E-state index is -0.316. The molecule has 0 radical (unpaired) electrons. The molecule has 18 heavy (non-hydrogen) atoms. The van der Waals surface area contributed by atoms with Gasteiger partial charge in [-0.15, -0.1) is 0 Å². The second-order valence-electron chi connectivity index (χ2n) is 4.01. The summed E-state index contributed by atoms with van der Waals surface area (Å²) in [5, 5.41) is 6.84. The summed E-state index contributed by atoms with van der Waals surface area (Å²) in [5.41, 5.74) is 1.69. The van der Waals surface area contributed by atoms with Crippen LogP contribution in [0.3, 0.4) is 0 Å². The van der Waals surface area contributed by atoms with E-state index in [1.54, 1.807) is 6.07 Å². The number of hydrogen-bond donors (Lipinski definition) is 1. The van der Waals surface area contributed by atoms with E-state index in [1.165, 1.54) is 12.1 Å². The first-order valence-corrected chi connectivity index (χ1v) is 5.67. The zero-order valence-electron chi connectivity index (χ0n) is 10.4. The van der Waals surface area contributed by atoms with Crippen LogP contribution in [0, 0.1) is 12.7 Å². The molecule has 0 aliphatic heterocycles. The zero-order chi connectivity index (χ0) is 13.0. The molecule has 0 saturated carbocycles. The maximum absolute atomic E-state index is 13.1. The van der Waals surface area contributed by atoms with E-state index in [1.807, 2.05) is 20.0 Å². The fraction of sp³-hybridized carbons (Fsp3) is 0.308. The Hall–Kier alpha value is -1.88. The Morgan fingerprint density at radius 1 is 1.39 bits per heavy atom. The van der Waals surface area contributed by atoms with Gasteiger partial charge in [0, 0.05) is 18.7 Å². The summed E-state index contributed by atoms with van der Waals surface area (Å²) >= 11 is 0. The van der Waals surface area contributed by atoms with Gasteiger partial charge in [-0.05, 0) is 25.6 Å². The average molecular weight is 250 g/mol. The molecule has 5 heteroatoms. The molecule has 0 aliphatic carbocycles. The van der Waals surface area contributed by atoms with E-state index in [-0.39, 0.29) is 12.4 Å². The molecule has 4 nitrogen and oxygen atoms in total. The van der Waals surface area contributed by atoms with Crippen molar-refractivity contribution >= 4 is 0 Å². The molecule has 0 spiro atoms. The largest absolute Gasteiger partial charge is 0.485 e. The van der Waals surface area contributed by atoms with Gasteiger partial charge in [0.25, 0.3) is 0 Å². The molecular weight excluding hydrogens is 235 g/mol. The predicted molar refractivity (Wildman–Crippen MR) is 64.7 cm³/mol. The Morgan fingerprint density at radius 3 is 3.00 bits per heavy atom. The Balaban J connectivity index is 1.99. The van der Waals surface area contributed by atoms with Crippen LogP contribution in [-0.2, 0) is 13.2 Å². The van der Waals surface area contributed by atoms with Crippen molar-refractivity contribution in [2.45, 2.75) is 20.1 Å². The van der Waals surface area contributed by atoms with Crippen molar-refractivity contribution in [3.8, 4) is 5.75 Å². The minimum Gasteiger partial charge on any atom is -0.485 e. The second kappa shape index (κ2) is 5.64. The molecular formula is C13H15FN2O2. The van der Waals surface area contributed by atoms with Crippen molar-refractivity contribution in [2.24, 2.45) is 0 Å². The first-order valence-electron chi connectivity index (χ1n) is 5.67. The number of aromatic nitrogens is 1. The second-order valence-corrected chi connectivity index (χ2v) is 4.01. The molecule has 2 aromatic rings. The number of benzene rings is 1. The van der Waals surface area contributed by atoms with E-state index in [9.17, 15) is 4.39 Å². The monoisotopic (exact) mass is 250 g/mol. The summed E-state index contributed by atoms with van der Waals surface area (Å²) in [6.07, 6.45) is 0. The Morgan fingerprint density at radius 2 is 2.22 bits per heavy atom. The molecule has 1 N–H and O–H groups in total. The minimum absolute atomic E-state index is 0.237. The Kier molecular flexibility index (Phi) is 3.94. The normalized spacial score (nSPS) is 10.6. The van der Waals surface area contributed by atoms with Crippen LogP contribution < -0.4 is 10.1 Å². The van der Waals surface area contributed by atoms with E-state index < -0.39 is 0 Å². The lowest BCUT2D eigenvalue weighted by Gasteiger charge is -2.06. The van der Waals surface area contributed by atoms with Crippen molar-refractivity contribution in [3.05, 3.63) is 47.1 Å². The average Bonchev–Trinajstić information content (AvgIpc) is 2.79. The van der Waals surface area contributed by atoms with E-state index in [4.69, 9.17) is 9.26 Å². The highest BCUT2D eigenvalue weighted by molar-refractivity contribution is 5.32. The van der Waals surface area contributed by atoms with Crippen molar-refractivity contribution in [3.63, 3.8) is 0 Å². The van der Waals surface area contributed by atoms with Crippen molar-refractivity contribution < 1.29 is 13.7 Å². The van der Waals surface area contributed by atoms with Crippen molar-refractivity contribution in [2.75, 3.05) is 7.05 Å². The standard InChI is InChI=1S/C13H15FN2O2/c1-9-3-4-10(14)5-13(9)17-8-12-6-11(7-15-2)16-18-12/h3-6,15H,7-8H2,1-2H3. The van der Waals surface area contributed by atoms with Gasteiger partial charge in [0.1, 0.15) is 18.2 Å². The molecule has 0 bridgehead atoms. The Labute approximate surface area is 105 Å². The molecule has 1 aromatic heterocycles. The SMILES string of the molecule is CNCc1cc(COc2cc(F)ccc2C)on1. The Bertz CT molecular complexity index is 525. The van der Waals surface area contributed by atoms with E-state index >= 15 is 0 Å². The number of nitrogens with zero attached hydrogens (tertiary/aromatic N) is 1. The molecule has 0 atom stereocenters. The van der Waals surface area contributed by atoms with Gasteiger partial charge in [0.05, 0.1) is 5.69 Å². The first-order chi connectivity index (χ1) is 8.69. The molecule has 96 valence electrons. The van der Waals surface area contributed by atoms with Gasteiger partial charge in [-0.3, -0.25) is 0 Å². The lowest BCUT2D eigenvalue weighted by molar-refractivity contribution is 0.246. The molecule has 1 aromatic carbocycles. The highest BCUT2D eigenvalue weighted by Gasteiger charge is 2.06. The van der Waals surface area contributed by atoms with E-state index in [2.05, 4.69) is 10.5 Å². The number of hydrogen-bond acceptors (Lipinski definition) is 4. The van der Waals surface area contributed by atoms with Crippen LogP contribution in [0.15, 0.2) is 28.8 Å². The fourth-order valence-corrected chi connectivity index (χ4v) is 1.57. The van der Waals surface area contributed by atoms with Crippen LogP contribution in [0.1, 0.15) is 17.0 Å². The number of halogens is 1. The van der Waals surface area contributed by atoms with Gasteiger partial charge in [-0.25, -0.2) is 4.39 Å². The number of nitrogens with one attached hydrogen (secondary N) is 1. The van der Waals surface area contributed by atoms with Crippen LogP contribution in [0.5, 0.6) is 5.75 Å². The van der Waals surface area contributed by atoms with Gasteiger partial charge >= 0.3 is 0 Å². The highest BCUT2D eigenvalue weighted by atomic mass is 19.1. The third kappa shape index (κ3) is 3.07. The molecule has 0 amide bonds. The van der Waals surface area contributed by atoms with Crippen LogP contribution in [0.25, 0.3) is 0 Å². The van der Waals surface area contributed by atoms with Crippen molar-refractivity contribution in [1.82, 2.24) is 10.5 Å². The van der Waals surface area contributed by atoms with Crippen LogP contribution in [-0.4, -0.2) is 12.2 Å². The molecule has 1 heterocycles. The molecule has 2 rings (SSSR count). The van der Waals surface area contributed by atoms with Crippen molar-refractivity contribution in [1.29, 1.82) is 0 Å². The lowest BCUT2D eigenvalue weighted by atomic mass is 10.2. The smallest absolute Gasteiger partial charge is 0.174 e. The summed E-state index contributed by atoms with van der Waals surface area (Å²) in [6.45, 7) is 2.74. The quantitative estimate of drug-likeness (QED) is 0.885. The van der Waals surface area contributed by atoms with Crippen LogP contribution in [0.2, 0.25) is 0 Å². The molecule has 0 saturated heterocycles. The maximum Gasteiger partial charge on any atom is 0.174 e. The number of ether oxygens (including phenoxy) is 1. The molecule has 0 aliphatic rings. The first kappa shape index (κ1) is 12.6. The van der Waals surface area contributed by atoms with Gasteiger partial charge in [0.2, 0.25) is 0 Å². The van der Waals surface area contributed by atoms with Gasteiger partial charge < -0.3 is 14.6 Å². The van der Waals surface area contributed by atoms with Gasteiger partial charge in [-0.2, -0.15) is 0 Å². The maximum atomic E-state index is 13.1. The zero-order valence-corrected chi connectivity index (χ0v) is 10.4. The highest BCUT2D eigenvalue weighted by Crippen LogP contribution is 2.20. The molecule has 0 unspecified atom stereocenters. The lowest BCUT2D eigenvalue weighted by Crippen LogP contribution is -2.04. The third-order valence-corrected chi connectivity index (χ3v) is 2.49.